The van der Waals surface area contributed by atoms with E-state index in [0.717, 1.165) is 12.8 Å². The maximum Gasteiger partial charge on any atom is 0.251 e. The summed E-state index contributed by atoms with van der Waals surface area (Å²) in [4.78, 5) is 11.8. The molecule has 0 aliphatic rings. The number of carbonyl (C=O) groups excluding carboxylic acids is 1. The molecule has 0 saturated heterocycles. The Balaban J connectivity index is 2.61. The van der Waals surface area contributed by atoms with Gasteiger partial charge in [0.1, 0.15) is 5.75 Å². The molecule has 0 aliphatic heterocycles. The second kappa shape index (κ2) is 7.67. The van der Waals surface area contributed by atoms with Crippen LogP contribution in [0.5, 0.6) is 5.75 Å². The molecule has 0 radical (unpaired) electrons. The standard InChI is InChI=1S/C15H24N2O2/c1-4-8-17-15(18)12-5-6-14(13(16)10-12)19-9-7-11(2)3/h5-6,10-11H,4,7-9,16H2,1-3H3,(H,17,18). The van der Waals surface area contributed by atoms with Crippen LogP contribution in [0.25, 0.3) is 0 Å². The van der Waals surface area contributed by atoms with E-state index in [1.54, 1.807) is 18.2 Å². The van der Waals surface area contributed by atoms with Crippen LogP contribution in [0.1, 0.15) is 44.0 Å². The van der Waals surface area contributed by atoms with Gasteiger partial charge >= 0.3 is 0 Å². The Morgan fingerprint density at radius 1 is 1.42 bits per heavy atom. The predicted molar refractivity (Wildman–Crippen MR) is 78.4 cm³/mol. The van der Waals surface area contributed by atoms with E-state index in [4.69, 9.17) is 10.5 Å². The quantitative estimate of drug-likeness (QED) is 0.744. The van der Waals surface area contributed by atoms with Crippen molar-refractivity contribution in [3.8, 4) is 5.75 Å². The Bertz CT molecular complexity index is 417. The first-order valence-electron chi connectivity index (χ1n) is 6.85. The first-order chi connectivity index (χ1) is 9.04. The Kier molecular flexibility index (Phi) is 6.19. The van der Waals surface area contributed by atoms with E-state index in [0.29, 0.717) is 36.1 Å². The molecule has 0 atom stereocenters. The molecule has 106 valence electrons. The number of nitrogen functional groups attached to an aromatic ring is 1. The lowest BCUT2D eigenvalue weighted by Crippen LogP contribution is -2.24. The van der Waals surface area contributed by atoms with Crippen LogP contribution >= 0.6 is 0 Å². The van der Waals surface area contributed by atoms with Crippen LogP contribution in [-0.2, 0) is 0 Å². The molecule has 1 amide bonds. The average Bonchev–Trinajstić information content (AvgIpc) is 2.37. The van der Waals surface area contributed by atoms with Crippen molar-refractivity contribution in [2.45, 2.75) is 33.6 Å². The van der Waals surface area contributed by atoms with Gasteiger partial charge in [-0.05, 0) is 37.0 Å². The van der Waals surface area contributed by atoms with Gasteiger partial charge in [0.2, 0.25) is 0 Å². The molecule has 1 aromatic carbocycles. The van der Waals surface area contributed by atoms with Gasteiger partial charge in [-0.15, -0.1) is 0 Å². The molecule has 0 fully saturated rings. The number of ether oxygens (including phenoxy) is 1. The number of nitrogens with two attached hydrogens (primary N) is 1. The first kappa shape index (κ1) is 15.3. The number of hydrogen-bond donors (Lipinski definition) is 2. The molecule has 0 saturated carbocycles. The SMILES string of the molecule is CCCNC(=O)c1ccc(OCCC(C)C)c(N)c1. The van der Waals surface area contributed by atoms with Crippen LogP contribution < -0.4 is 15.8 Å². The van der Waals surface area contributed by atoms with Crippen molar-refractivity contribution in [1.29, 1.82) is 0 Å². The largest absolute Gasteiger partial charge is 0.491 e. The van der Waals surface area contributed by atoms with Gasteiger partial charge in [-0.2, -0.15) is 0 Å². The van der Waals surface area contributed by atoms with Crippen molar-refractivity contribution in [1.82, 2.24) is 5.32 Å². The fourth-order valence-electron chi connectivity index (χ4n) is 1.57. The minimum atomic E-state index is -0.0951. The zero-order valence-corrected chi connectivity index (χ0v) is 12.0. The molecule has 4 nitrogen and oxygen atoms in total. The Labute approximate surface area is 115 Å². The van der Waals surface area contributed by atoms with Crippen LogP contribution in [0.4, 0.5) is 5.69 Å². The Hall–Kier alpha value is -1.71. The highest BCUT2D eigenvalue weighted by molar-refractivity contribution is 5.95. The van der Waals surface area contributed by atoms with Crippen LogP contribution in [0, 0.1) is 5.92 Å². The third kappa shape index (κ3) is 5.20. The van der Waals surface area contributed by atoms with Gasteiger partial charge in [-0.3, -0.25) is 4.79 Å². The predicted octanol–water partition coefficient (Wildman–Crippen LogP) is 2.83. The lowest BCUT2D eigenvalue weighted by Gasteiger charge is -2.11. The molecule has 0 aromatic heterocycles. The summed E-state index contributed by atoms with van der Waals surface area (Å²) >= 11 is 0. The maximum atomic E-state index is 11.8. The van der Waals surface area contributed by atoms with Crippen molar-refractivity contribution < 1.29 is 9.53 Å². The van der Waals surface area contributed by atoms with Crippen LogP contribution in [0.2, 0.25) is 0 Å². The molecular weight excluding hydrogens is 240 g/mol. The van der Waals surface area contributed by atoms with Gasteiger partial charge in [0.05, 0.1) is 12.3 Å². The fraction of sp³-hybridized carbons (Fsp3) is 0.533. The van der Waals surface area contributed by atoms with Crippen LogP contribution in [0.15, 0.2) is 18.2 Å². The lowest BCUT2D eigenvalue weighted by molar-refractivity contribution is 0.0953. The molecule has 0 bridgehead atoms. The molecule has 4 heteroatoms. The monoisotopic (exact) mass is 264 g/mol. The number of benzene rings is 1. The van der Waals surface area contributed by atoms with Crippen molar-refractivity contribution >= 4 is 11.6 Å². The van der Waals surface area contributed by atoms with Crippen molar-refractivity contribution in [3.63, 3.8) is 0 Å². The summed E-state index contributed by atoms with van der Waals surface area (Å²) < 4.78 is 5.61. The smallest absolute Gasteiger partial charge is 0.251 e. The van der Waals surface area contributed by atoms with Crippen molar-refractivity contribution in [3.05, 3.63) is 23.8 Å². The van der Waals surface area contributed by atoms with Gasteiger partial charge in [0.25, 0.3) is 5.91 Å². The summed E-state index contributed by atoms with van der Waals surface area (Å²) in [6.07, 6.45) is 1.90. The van der Waals surface area contributed by atoms with Crippen molar-refractivity contribution in [2.24, 2.45) is 5.92 Å². The molecular formula is C15H24N2O2. The minimum Gasteiger partial charge on any atom is -0.491 e. The summed E-state index contributed by atoms with van der Waals surface area (Å²) in [6.45, 7) is 7.62. The molecule has 0 heterocycles. The van der Waals surface area contributed by atoms with Crippen LogP contribution in [0.3, 0.4) is 0 Å². The minimum absolute atomic E-state index is 0.0951. The number of anilines is 1. The summed E-state index contributed by atoms with van der Waals surface area (Å²) in [5.41, 5.74) is 6.98. The third-order valence-corrected chi connectivity index (χ3v) is 2.76. The highest BCUT2D eigenvalue weighted by Crippen LogP contribution is 2.23. The zero-order valence-electron chi connectivity index (χ0n) is 12.0. The van der Waals surface area contributed by atoms with Gasteiger partial charge in [-0.1, -0.05) is 20.8 Å². The first-order valence-corrected chi connectivity index (χ1v) is 6.85. The van der Waals surface area contributed by atoms with Gasteiger partial charge in [0, 0.05) is 12.1 Å². The van der Waals surface area contributed by atoms with E-state index in [1.165, 1.54) is 0 Å². The maximum absolute atomic E-state index is 11.8. The molecule has 1 rings (SSSR count). The van der Waals surface area contributed by atoms with Gasteiger partial charge in [-0.25, -0.2) is 0 Å². The second-order valence-electron chi connectivity index (χ2n) is 5.04. The Morgan fingerprint density at radius 2 is 2.16 bits per heavy atom. The highest BCUT2D eigenvalue weighted by Gasteiger charge is 2.08. The number of hydrogen-bond acceptors (Lipinski definition) is 3. The van der Waals surface area contributed by atoms with E-state index in [-0.39, 0.29) is 5.91 Å². The third-order valence-electron chi connectivity index (χ3n) is 2.76. The van der Waals surface area contributed by atoms with E-state index < -0.39 is 0 Å². The van der Waals surface area contributed by atoms with E-state index in [9.17, 15) is 4.79 Å². The number of nitrogens with one attached hydrogen (secondary N) is 1. The summed E-state index contributed by atoms with van der Waals surface area (Å²) in [6, 6.07) is 5.16. The molecule has 0 spiro atoms. The molecule has 19 heavy (non-hydrogen) atoms. The van der Waals surface area contributed by atoms with Crippen LogP contribution in [-0.4, -0.2) is 19.1 Å². The summed E-state index contributed by atoms with van der Waals surface area (Å²) in [5.74, 6) is 1.15. The van der Waals surface area contributed by atoms with E-state index >= 15 is 0 Å². The Morgan fingerprint density at radius 3 is 2.74 bits per heavy atom. The summed E-state index contributed by atoms with van der Waals surface area (Å²) in [5, 5.41) is 2.82. The lowest BCUT2D eigenvalue weighted by atomic mass is 10.1. The second-order valence-corrected chi connectivity index (χ2v) is 5.04. The van der Waals surface area contributed by atoms with Gasteiger partial charge in [0.15, 0.2) is 0 Å². The van der Waals surface area contributed by atoms with Gasteiger partial charge < -0.3 is 15.8 Å². The zero-order chi connectivity index (χ0) is 14.3. The number of carbonyl (C=O) groups is 1. The fourth-order valence-corrected chi connectivity index (χ4v) is 1.57. The van der Waals surface area contributed by atoms with Crippen molar-refractivity contribution in [2.75, 3.05) is 18.9 Å². The topological polar surface area (TPSA) is 64.3 Å². The number of amides is 1. The van der Waals surface area contributed by atoms with E-state index in [1.807, 2.05) is 6.92 Å². The highest BCUT2D eigenvalue weighted by atomic mass is 16.5. The summed E-state index contributed by atoms with van der Waals surface area (Å²) in [7, 11) is 0. The molecule has 0 aliphatic carbocycles. The van der Waals surface area contributed by atoms with E-state index in [2.05, 4.69) is 19.2 Å². The number of rotatable bonds is 7. The average molecular weight is 264 g/mol. The molecule has 0 unspecified atom stereocenters. The normalized spacial score (nSPS) is 10.5. The molecule has 3 N–H and O–H groups in total. The molecule has 1 aromatic rings.